The zero-order valence-electron chi connectivity index (χ0n) is 9.13. The zero-order chi connectivity index (χ0) is 11.4. The molecule has 4 heterocycles. The van der Waals surface area contributed by atoms with Gasteiger partial charge in [0, 0.05) is 12.8 Å². The molecule has 0 saturated carbocycles. The first-order chi connectivity index (χ1) is 8.34. The van der Waals surface area contributed by atoms with Gasteiger partial charge in [-0.2, -0.15) is 0 Å². The molecule has 0 amide bonds. The number of aliphatic imine (C=N–C) groups is 1. The van der Waals surface area contributed by atoms with E-state index in [1.807, 2.05) is 6.21 Å². The third-order valence-electron chi connectivity index (χ3n) is 3.37. The van der Waals surface area contributed by atoms with Crippen molar-refractivity contribution >= 4 is 38.6 Å². The monoisotopic (exact) mass is 245 g/mol. The summed E-state index contributed by atoms with van der Waals surface area (Å²) in [5, 5.41) is 1.25. The smallest absolute Gasteiger partial charge is 0.144 e. The molecule has 1 unspecified atom stereocenters. The lowest BCUT2D eigenvalue weighted by molar-refractivity contribution is 0.704. The van der Waals surface area contributed by atoms with Crippen LogP contribution >= 0.6 is 11.3 Å². The number of rotatable bonds is 0. The van der Waals surface area contributed by atoms with Crippen LogP contribution < -0.4 is 10.6 Å². The second-order valence-corrected chi connectivity index (χ2v) is 5.35. The van der Waals surface area contributed by atoms with Gasteiger partial charge in [-0.1, -0.05) is 0 Å². The molecular weight excluding hydrogens is 234 g/mol. The standard InChI is InChI=1S/C11H11N5S/c12-10-9-8(14-5-15-10)6-4-13-7-2-1-3-16(7)11(6)17-9/h4-5,7H,1-3H2,(H2,12,14,15). The number of anilines is 2. The number of nitrogen functional groups attached to an aromatic ring is 1. The Morgan fingerprint density at radius 3 is 3.29 bits per heavy atom. The van der Waals surface area contributed by atoms with Crippen LogP contribution in [0, 0.1) is 0 Å². The Morgan fingerprint density at radius 2 is 2.35 bits per heavy atom. The highest BCUT2D eigenvalue weighted by Gasteiger charge is 2.31. The third-order valence-corrected chi connectivity index (χ3v) is 4.63. The van der Waals surface area contributed by atoms with Crippen molar-refractivity contribution in [2.75, 3.05) is 17.2 Å². The van der Waals surface area contributed by atoms with Gasteiger partial charge in [0.15, 0.2) is 0 Å². The van der Waals surface area contributed by atoms with Crippen LogP contribution in [0.25, 0.3) is 10.2 Å². The summed E-state index contributed by atoms with van der Waals surface area (Å²) in [6.45, 7) is 1.08. The Hall–Kier alpha value is -1.69. The highest BCUT2D eigenvalue weighted by molar-refractivity contribution is 7.23. The van der Waals surface area contributed by atoms with E-state index in [4.69, 9.17) is 5.73 Å². The third kappa shape index (κ3) is 1.16. The van der Waals surface area contributed by atoms with E-state index in [0.717, 1.165) is 28.7 Å². The topological polar surface area (TPSA) is 67.4 Å². The first-order valence-electron chi connectivity index (χ1n) is 5.67. The summed E-state index contributed by atoms with van der Waals surface area (Å²) >= 11 is 1.69. The quantitative estimate of drug-likeness (QED) is 0.766. The molecule has 1 saturated heterocycles. The minimum Gasteiger partial charge on any atom is -0.382 e. The van der Waals surface area contributed by atoms with E-state index in [-0.39, 0.29) is 0 Å². The highest BCUT2D eigenvalue weighted by atomic mass is 32.1. The van der Waals surface area contributed by atoms with Gasteiger partial charge in [-0.3, -0.25) is 4.99 Å². The Kier molecular flexibility index (Phi) is 1.74. The molecule has 5 nitrogen and oxygen atoms in total. The van der Waals surface area contributed by atoms with E-state index < -0.39 is 0 Å². The Morgan fingerprint density at radius 1 is 1.41 bits per heavy atom. The van der Waals surface area contributed by atoms with Crippen LogP contribution in [0.2, 0.25) is 0 Å². The Labute approximate surface area is 102 Å². The molecule has 17 heavy (non-hydrogen) atoms. The normalized spacial score (nSPS) is 21.9. The van der Waals surface area contributed by atoms with E-state index >= 15 is 0 Å². The minimum atomic E-state index is 0.324. The number of hydrogen-bond acceptors (Lipinski definition) is 6. The molecule has 2 aromatic rings. The average Bonchev–Trinajstić information content (AvgIpc) is 2.91. The van der Waals surface area contributed by atoms with Crippen LogP contribution in [0.15, 0.2) is 11.3 Å². The summed E-state index contributed by atoms with van der Waals surface area (Å²) in [4.78, 5) is 15.3. The van der Waals surface area contributed by atoms with Crippen LogP contribution in [0.3, 0.4) is 0 Å². The number of hydrogen-bond donors (Lipinski definition) is 1. The fourth-order valence-corrected chi connectivity index (χ4v) is 3.76. The predicted octanol–water partition coefficient (Wildman–Crippen LogP) is 1.63. The number of aromatic nitrogens is 2. The Bertz CT molecular complexity index is 632. The van der Waals surface area contributed by atoms with Crippen LogP contribution in [-0.2, 0) is 0 Å². The lowest BCUT2D eigenvalue weighted by Crippen LogP contribution is -2.30. The summed E-state index contributed by atoms with van der Waals surface area (Å²) < 4.78 is 0.983. The van der Waals surface area contributed by atoms with Gasteiger partial charge in [-0.05, 0) is 12.8 Å². The second-order valence-electron chi connectivity index (χ2n) is 4.35. The van der Waals surface area contributed by atoms with Crippen LogP contribution in [0.4, 0.5) is 10.8 Å². The molecular formula is C11H11N5S. The van der Waals surface area contributed by atoms with Crippen molar-refractivity contribution in [2.45, 2.75) is 19.0 Å². The van der Waals surface area contributed by atoms with Crippen LogP contribution in [0.5, 0.6) is 0 Å². The van der Waals surface area contributed by atoms with Crippen molar-refractivity contribution < 1.29 is 0 Å². The number of thiophene rings is 1. The van der Waals surface area contributed by atoms with Gasteiger partial charge < -0.3 is 10.6 Å². The van der Waals surface area contributed by atoms with Gasteiger partial charge in [0.25, 0.3) is 0 Å². The van der Waals surface area contributed by atoms with Gasteiger partial charge in [-0.25, -0.2) is 9.97 Å². The predicted molar refractivity (Wildman–Crippen MR) is 69.8 cm³/mol. The van der Waals surface area contributed by atoms with E-state index in [2.05, 4.69) is 19.9 Å². The molecule has 1 fully saturated rings. The van der Waals surface area contributed by atoms with E-state index in [0.29, 0.717) is 12.0 Å². The maximum atomic E-state index is 5.90. The lowest BCUT2D eigenvalue weighted by Gasteiger charge is -2.25. The molecule has 6 heteroatoms. The van der Waals surface area contributed by atoms with E-state index in [1.165, 1.54) is 17.7 Å². The SMILES string of the molecule is Nc1ncnc2c3c(sc12)N1CCCC1N=C3. The van der Waals surface area contributed by atoms with Crippen molar-refractivity contribution in [2.24, 2.45) is 4.99 Å². The fraction of sp³-hybridized carbons (Fsp3) is 0.364. The van der Waals surface area contributed by atoms with Crippen molar-refractivity contribution in [1.29, 1.82) is 0 Å². The molecule has 86 valence electrons. The molecule has 2 aliphatic heterocycles. The molecule has 0 aliphatic carbocycles. The van der Waals surface area contributed by atoms with Crippen LogP contribution in [0.1, 0.15) is 18.4 Å². The van der Waals surface area contributed by atoms with Gasteiger partial charge >= 0.3 is 0 Å². The van der Waals surface area contributed by atoms with Crippen molar-refractivity contribution in [1.82, 2.24) is 9.97 Å². The lowest BCUT2D eigenvalue weighted by atomic mass is 10.2. The van der Waals surface area contributed by atoms with Gasteiger partial charge in [0.2, 0.25) is 0 Å². The van der Waals surface area contributed by atoms with Crippen molar-refractivity contribution in [3.63, 3.8) is 0 Å². The summed E-state index contributed by atoms with van der Waals surface area (Å²) in [5.41, 5.74) is 7.95. The van der Waals surface area contributed by atoms with Crippen LogP contribution in [-0.4, -0.2) is 28.9 Å². The zero-order valence-corrected chi connectivity index (χ0v) is 9.94. The maximum absolute atomic E-state index is 5.90. The van der Waals surface area contributed by atoms with Gasteiger partial charge in [0.1, 0.15) is 23.3 Å². The molecule has 0 spiro atoms. The summed E-state index contributed by atoms with van der Waals surface area (Å²) in [5.74, 6) is 0.568. The van der Waals surface area contributed by atoms with Gasteiger partial charge in [-0.15, -0.1) is 11.3 Å². The minimum absolute atomic E-state index is 0.324. The van der Waals surface area contributed by atoms with Gasteiger partial charge in [0.05, 0.1) is 15.8 Å². The molecule has 0 radical (unpaired) electrons. The summed E-state index contributed by atoms with van der Waals surface area (Å²) in [6.07, 6.45) is 6.15. The first-order valence-corrected chi connectivity index (χ1v) is 6.49. The highest BCUT2D eigenvalue weighted by Crippen LogP contribution is 2.43. The first kappa shape index (κ1) is 9.35. The van der Waals surface area contributed by atoms with E-state index in [9.17, 15) is 0 Å². The average molecular weight is 245 g/mol. The molecule has 2 aliphatic rings. The molecule has 0 aromatic carbocycles. The molecule has 2 aromatic heterocycles. The van der Waals surface area contributed by atoms with Crippen molar-refractivity contribution in [3.05, 3.63) is 11.9 Å². The molecule has 0 bridgehead atoms. The van der Waals surface area contributed by atoms with E-state index in [1.54, 1.807) is 11.3 Å². The summed E-state index contributed by atoms with van der Waals surface area (Å²) in [6, 6.07) is 0. The number of nitrogens with two attached hydrogens (primary N) is 1. The summed E-state index contributed by atoms with van der Waals surface area (Å²) in [7, 11) is 0. The number of fused-ring (bicyclic) bond motifs is 5. The number of nitrogens with zero attached hydrogens (tertiary/aromatic N) is 4. The fourth-order valence-electron chi connectivity index (χ4n) is 2.56. The maximum Gasteiger partial charge on any atom is 0.144 e. The molecule has 4 rings (SSSR count). The Balaban J connectivity index is 2.03. The molecule has 1 atom stereocenters. The largest absolute Gasteiger partial charge is 0.382 e. The van der Waals surface area contributed by atoms with Crippen molar-refractivity contribution in [3.8, 4) is 0 Å². The second kappa shape index (κ2) is 3.16. The molecule has 2 N–H and O–H groups in total.